The summed E-state index contributed by atoms with van der Waals surface area (Å²) >= 11 is 1.41. The van der Waals surface area contributed by atoms with E-state index in [0.29, 0.717) is 11.7 Å². The minimum atomic E-state index is 0.0319. The summed E-state index contributed by atoms with van der Waals surface area (Å²) in [5.41, 5.74) is 0. The Balaban J connectivity index is 1.85. The highest BCUT2D eigenvalue weighted by molar-refractivity contribution is 7.15. The number of hydrogen-bond donors (Lipinski definition) is 2. The summed E-state index contributed by atoms with van der Waals surface area (Å²) in [5, 5.41) is 15.4. The minimum Gasteiger partial charge on any atom is -0.384 e. The maximum absolute atomic E-state index is 11.8. The van der Waals surface area contributed by atoms with E-state index in [2.05, 4.69) is 20.8 Å². The fourth-order valence-electron chi connectivity index (χ4n) is 1.68. The third-order valence-electron chi connectivity index (χ3n) is 2.65. The van der Waals surface area contributed by atoms with Crippen molar-refractivity contribution >= 4 is 22.4 Å². The number of carbonyl (C=O) groups excluding carboxylic acids is 1. The Morgan fingerprint density at radius 1 is 1.65 bits per heavy atom. The molecule has 1 fully saturated rings. The molecule has 0 saturated carbocycles. The van der Waals surface area contributed by atoms with Gasteiger partial charge in [-0.15, -0.1) is 10.2 Å². The molecule has 94 valence electrons. The number of aromatic nitrogens is 2. The number of carbonyl (C=O) groups is 1. The highest BCUT2D eigenvalue weighted by atomic mass is 32.1. The van der Waals surface area contributed by atoms with Gasteiger partial charge in [-0.3, -0.25) is 4.79 Å². The molecule has 2 heterocycles. The molecule has 7 heteroatoms. The zero-order valence-electron chi connectivity index (χ0n) is 9.73. The number of methoxy groups -OCH3 is 1. The second kappa shape index (κ2) is 6.04. The van der Waals surface area contributed by atoms with E-state index in [9.17, 15) is 4.79 Å². The van der Waals surface area contributed by atoms with Gasteiger partial charge in [0.15, 0.2) is 0 Å². The van der Waals surface area contributed by atoms with Crippen LogP contribution in [0.25, 0.3) is 0 Å². The number of ether oxygens (including phenoxy) is 1. The Labute approximate surface area is 104 Å². The summed E-state index contributed by atoms with van der Waals surface area (Å²) in [6, 6.07) is 0. The molecule has 1 aromatic heterocycles. The number of nitrogens with zero attached hydrogens (tertiary/aromatic N) is 2. The summed E-state index contributed by atoms with van der Waals surface area (Å²) in [6.07, 6.45) is 1.62. The van der Waals surface area contributed by atoms with Gasteiger partial charge in [-0.05, 0) is 13.0 Å². The van der Waals surface area contributed by atoms with Crippen molar-refractivity contribution in [1.29, 1.82) is 0 Å². The highest BCUT2D eigenvalue weighted by Gasteiger charge is 2.23. The van der Waals surface area contributed by atoms with E-state index in [-0.39, 0.29) is 11.8 Å². The normalized spacial score (nSPS) is 19.5. The van der Waals surface area contributed by atoms with Gasteiger partial charge >= 0.3 is 0 Å². The van der Waals surface area contributed by atoms with Crippen molar-refractivity contribution in [3.63, 3.8) is 0 Å². The summed E-state index contributed by atoms with van der Waals surface area (Å²) < 4.78 is 4.96. The first kappa shape index (κ1) is 12.4. The summed E-state index contributed by atoms with van der Waals surface area (Å²) in [4.78, 5) is 11.8. The molecule has 0 aromatic carbocycles. The largest absolute Gasteiger partial charge is 0.384 e. The molecule has 1 atom stereocenters. The van der Waals surface area contributed by atoms with Gasteiger partial charge in [0.25, 0.3) is 0 Å². The molecule has 0 unspecified atom stereocenters. The molecule has 1 aliphatic heterocycles. The van der Waals surface area contributed by atoms with Gasteiger partial charge in [-0.1, -0.05) is 11.3 Å². The molecule has 0 aliphatic carbocycles. The van der Waals surface area contributed by atoms with Crippen LogP contribution in [0.4, 0.5) is 5.13 Å². The average molecular weight is 256 g/mol. The Morgan fingerprint density at radius 3 is 3.24 bits per heavy atom. The quantitative estimate of drug-likeness (QED) is 0.791. The maximum Gasteiger partial charge on any atom is 0.230 e. The molecule has 1 amide bonds. The van der Waals surface area contributed by atoms with Crippen LogP contribution in [-0.4, -0.2) is 42.9 Å². The summed E-state index contributed by atoms with van der Waals surface area (Å²) in [5.74, 6) is 0.0887. The van der Waals surface area contributed by atoms with E-state index in [1.54, 1.807) is 7.11 Å². The first-order valence-electron chi connectivity index (χ1n) is 5.62. The summed E-state index contributed by atoms with van der Waals surface area (Å²) in [6.45, 7) is 2.28. The van der Waals surface area contributed by atoms with Gasteiger partial charge in [-0.25, -0.2) is 0 Å². The maximum atomic E-state index is 11.8. The van der Waals surface area contributed by atoms with Crippen molar-refractivity contribution in [2.24, 2.45) is 5.92 Å². The lowest BCUT2D eigenvalue weighted by molar-refractivity contribution is -0.119. The van der Waals surface area contributed by atoms with E-state index < -0.39 is 0 Å². The first-order valence-corrected chi connectivity index (χ1v) is 6.44. The number of hydrogen-bond acceptors (Lipinski definition) is 6. The van der Waals surface area contributed by atoms with Crippen LogP contribution in [0, 0.1) is 5.92 Å². The van der Waals surface area contributed by atoms with Crippen molar-refractivity contribution in [2.45, 2.75) is 12.8 Å². The van der Waals surface area contributed by atoms with E-state index >= 15 is 0 Å². The van der Waals surface area contributed by atoms with Crippen molar-refractivity contribution < 1.29 is 9.53 Å². The predicted molar refractivity (Wildman–Crippen MR) is 65.1 cm³/mol. The van der Waals surface area contributed by atoms with E-state index in [4.69, 9.17) is 4.74 Å². The zero-order chi connectivity index (χ0) is 12.1. The smallest absolute Gasteiger partial charge is 0.230 e. The van der Waals surface area contributed by atoms with Crippen LogP contribution >= 0.6 is 11.3 Å². The van der Waals surface area contributed by atoms with Crippen LogP contribution in [0.2, 0.25) is 0 Å². The number of anilines is 1. The van der Waals surface area contributed by atoms with Crippen molar-refractivity contribution in [1.82, 2.24) is 15.5 Å². The molecule has 0 spiro atoms. The standard InChI is InChI=1S/C10H16N4O2S/c1-16-5-3-8-13-14-10(17-8)12-9(15)7-2-4-11-6-7/h7,11H,2-6H2,1H3,(H,12,14,15)/t7-/m1/s1. The molecule has 1 saturated heterocycles. The molecule has 1 aromatic rings. The van der Waals surface area contributed by atoms with Crippen LogP contribution in [0.15, 0.2) is 0 Å². The first-order chi connectivity index (χ1) is 8.29. The Hall–Kier alpha value is -1.05. The van der Waals surface area contributed by atoms with Crippen LogP contribution in [0.1, 0.15) is 11.4 Å². The molecule has 6 nitrogen and oxygen atoms in total. The highest BCUT2D eigenvalue weighted by Crippen LogP contribution is 2.18. The number of nitrogens with one attached hydrogen (secondary N) is 2. The lowest BCUT2D eigenvalue weighted by Crippen LogP contribution is -2.24. The molecule has 0 bridgehead atoms. The fourth-order valence-corrected chi connectivity index (χ4v) is 2.40. The van der Waals surface area contributed by atoms with E-state index in [1.807, 2.05) is 0 Å². The van der Waals surface area contributed by atoms with Crippen LogP contribution in [0.3, 0.4) is 0 Å². The Morgan fingerprint density at radius 2 is 2.53 bits per heavy atom. The number of amides is 1. The third kappa shape index (κ3) is 3.45. The van der Waals surface area contributed by atoms with Gasteiger partial charge in [0.1, 0.15) is 5.01 Å². The lowest BCUT2D eigenvalue weighted by atomic mass is 10.1. The van der Waals surface area contributed by atoms with Gasteiger partial charge in [0.05, 0.1) is 12.5 Å². The summed E-state index contributed by atoms with van der Waals surface area (Å²) in [7, 11) is 1.65. The van der Waals surface area contributed by atoms with E-state index in [0.717, 1.165) is 30.9 Å². The van der Waals surface area contributed by atoms with Crippen molar-refractivity contribution in [3.05, 3.63) is 5.01 Å². The molecule has 0 radical (unpaired) electrons. The van der Waals surface area contributed by atoms with Crippen molar-refractivity contribution in [2.75, 3.05) is 32.1 Å². The molecule has 1 aliphatic rings. The van der Waals surface area contributed by atoms with Crippen LogP contribution < -0.4 is 10.6 Å². The second-order valence-corrected chi connectivity index (χ2v) is 4.98. The van der Waals surface area contributed by atoms with Crippen LogP contribution in [0.5, 0.6) is 0 Å². The van der Waals surface area contributed by atoms with Gasteiger partial charge in [0, 0.05) is 20.1 Å². The minimum absolute atomic E-state index is 0.0319. The topological polar surface area (TPSA) is 76.1 Å². The second-order valence-electron chi connectivity index (χ2n) is 3.92. The zero-order valence-corrected chi connectivity index (χ0v) is 10.5. The molecule has 2 rings (SSSR count). The van der Waals surface area contributed by atoms with E-state index in [1.165, 1.54) is 11.3 Å². The fraction of sp³-hybridized carbons (Fsp3) is 0.700. The SMILES string of the molecule is COCCc1nnc(NC(=O)[C@@H]2CCNC2)s1. The van der Waals surface area contributed by atoms with Gasteiger partial charge in [-0.2, -0.15) is 0 Å². The molecular weight excluding hydrogens is 240 g/mol. The van der Waals surface area contributed by atoms with Gasteiger partial charge < -0.3 is 15.4 Å². The lowest BCUT2D eigenvalue weighted by Gasteiger charge is -2.06. The average Bonchev–Trinajstić information content (AvgIpc) is 2.97. The van der Waals surface area contributed by atoms with Gasteiger partial charge in [0.2, 0.25) is 11.0 Å². The molecule has 2 N–H and O–H groups in total. The Bertz CT molecular complexity index is 376. The number of rotatable bonds is 5. The Kier molecular flexibility index (Phi) is 4.41. The molecular formula is C10H16N4O2S. The monoisotopic (exact) mass is 256 g/mol. The predicted octanol–water partition coefficient (Wildman–Crippen LogP) is 0.275. The van der Waals surface area contributed by atoms with Crippen molar-refractivity contribution in [3.8, 4) is 0 Å². The third-order valence-corrected chi connectivity index (χ3v) is 3.55. The van der Waals surface area contributed by atoms with Crippen LogP contribution in [-0.2, 0) is 16.0 Å². The molecule has 17 heavy (non-hydrogen) atoms.